The fourth-order valence-electron chi connectivity index (χ4n) is 4.85. The van der Waals surface area contributed by atoms with E-state index >= 15 is 0 Å². The molecule has 4 aliphatic rings. The van der Waals surface area contributed by atoms with Gasteiger partial charge in [-0.3, -0.25) is 19.3 Å². The summed E-state index contributed by atoms with van der Waals surface area (Å²) in [7, 11) is 1.53. The molecule has 3 aliphatic carbocycles. The van der Waals surface area contributed by atoms with E-state index < -0.39 is 6.04 Å². The normalized spacial score (nSPS) is 29.6. The van der Waals surface area contributed by atoms with Crippen molar-refractivity contribution < 1.29 is 19.1 Å². The number of anilines is 1. The van der Waals surface area contributed by atoms with E-state index in [0.717, 1.165) is 12.8 Å². The Labute approximate surface area is 158 Å². The number of amides is 3. The van der Waals surface area contributed by atoms with Gasteiger partial charge in [-0.15, -0.1) is 0 Å². The molecule has 5 atom stereocenters. The van der Waals surface area contributed by atoms with E-state index in [1.807, 2.05) is 13.0 Å². The van der Waals surface area contributed by atoms with Crippen molar-refractivity contribution in [3.05, 3.63) is 36.4 Å². The van der Waals surface area contributed by atoms with Crippen molar-refractivity contribution in [2.24, 2.45) is 23.7 Å². The molecule has 2 fully saturated rings. The molecule has 1 heterocycles. The highest BCUT2D eigenvalue weighted by Crippen LogP contribution is 2.50. The topological polar surface area (TPSA) is 75.7 Å². The van der Waals surface area contributed by atoms with Crippen molar-refractivity contribution in [3.63, 3.8) is 0 Å². The highest BCUT2D eigenvalue weighted by atomic mass is 16.5. The monoisotopic (exact) mass is 368 g/mol. The molecule has 5 rings (SSSR count). The summed E-state index contributed by atoms with van der Waals surface area (Å²) in [6, 6.07) is 6.29. The third-order valence-electron chi connectivity index (χ3n) is 6.16. The molecular formula is C21H24N2O4. The number of likely N-dealkylation sites (tertiary alicyclic amines) is 1. The van der Waals surface area contributed by atoms with Gasteiger partial charge in [-0.1, -0.05) is 31.2 Å². The Kier molecular flexibility index (Phi) is 4.50. The van der Waals surface area contributed by atoms with Crippen LogP contribution in [0.2, 0.25) is 0 Å². The lowest BCUT2D eigenvalue weighted by Crippen LogP contribution is -2.47. The van der Waals surface area contributed by atoms with Gasteiger partial charge >= 0.3 is 0 Å². The minimum atomic E-state index is -0.806. The number of methoxy groups -OCH3 is 1. The van der Waals surface area contributed by atoms with Gasteiger partial charge in [0.1, 0.15) is 11.8 Å². The van der Waals surface area contributed by atoms with Crippen LogP contribution in [0.15, 0.2) is 36.4 Å². The van der Waals surface area contributed by atoms with E-state index in [1.54, 1.807) is 18.2 Å². The zero-order valence-electron chi connectivity index (χ0n) is 15.6. The lowest BCUT2D eigenvalue weighted by atomic mass is 9.63. The van der Waals surface area contributed by atoms with Crippen LogP contribution in [-0.4, -0.2) is 35.8 Å². The molecule has 1 saturated heterocycles. The van der Waals surface area contributed by atoms with Crippen molar-refractivity contribution in [1.29, 1.82) is 0 Å². The summed E-state index contributed by atoms with van der Waals surface area (Å²) in [6.07, 6.45) is 6.43. The number of rotatable bonds is 5. The summed E-state index contributed by atoms with van der Waals surface area (Å²) < 4.78 is 5.27. The zero-order chi connectivity index (χ0) is 19.1. The van der Waals surface area contributed by atoms with Crippen molar-refractivity contribution >= 4 is 23.4 Å². The maximum atomic E-state index is 13.1. The molecule has 0 spiro atoms. The van der Waals surface area contributed by atoms with Crippen LogP contribution in [0.25, 0.3) is 0 Å². The molecule has 1 N–H and O–H groups in total. The summed E-state index contributed by atoms with van der Waals surface area (Å²) in [5, 5.41) is 2.82. The minimum absolute atomic E-state index is 0.122. The Morgan fingerprint density at radius 3 is 2.26 bits per heavy atom. The third kappa shape index (κ3) is 2.74. The van der Waals surface area contributed by atoms with E-state index in [1.165, 1.54) is 12.0 Å². The van der Waals surface area contributed by atoms with Crippen LogP contribution in [0.4, 0.5) is 5.69 Å². The number of carbonyl (C=O) groups is 3. The second-order valence-electron chi connectivity index (χ2n) is 7.50. The molecule has 3 amide bonds. The summed E-state index contributed by atoms with van der Waals surface area (Å²) in [5.74, 6) is -0.549. The molecule has 0 unspecified atom stereocenters. The number of fused-ring (bicyclic) bond motifs is 1. The van der Waals surface area contributed by atoms with E-state index in [0.29, 0.717) is 17.9 Å². The predicted octanol–water partition coefficient (Wildman–Crippen LogP) is 2.61. The van der Waals surface area contributed by atoms with Gasteiger partial charge < -0.3 is 10.1 Å². The van der Waals surface area contributed by atoms with Crippen LogP contribution < -0.4 is 10.1 Å². The van der Waals surface area contributed by atoms with Crippen molar-refractivity contribution in [1.82, 2.24) is 4.90 Å². The molecule has 0 radical (unpaired) electrons. The van der Waals surface area contributed by atoms with Gasteiger partial charge in [0, 0.05) is 0 Å². The fourth-order valence-corrected chi connectivity index (χ4v) is 4.85. The van der Waals surface area contributed by atoms with Gasteiger partial charge in [0.2, 0.25) is 17.7 Å². The number of hydrogen-bond acceptors (Lipinski definition) is 4. The molecule has 1 aromatic rings. The lowest BCUT2D eigenvalue weighted by molar-refractivity contribution is -0.146. The molecule has 27 heavy (non-hydrogen) atoms. The van der Waals surface area contributed by atoms with Crippen LogP contribution >= 0.6 is 0 Å². The molecule has 6 nitrogen and oxygen atoms in total. The van der Waals surface area contributed by atoms with E-state index in [9.17, 15) is 14.4 Å². The SMILES string of the molecule is CC[C@H](C(=O)Nc1ccccc1OC)N1C(=O)[C@H]2[C@H](C1=O)[C@H]1C=C[C@H]2CC1. The Morgan fingerprint density at radius 1 is 1.15 bits per heavy atom. The van der Waals surface area contributed by atoms with Gasteiger partial charge in [-0.2, -0.15) is 0 Å². The van der Waals surface area contributed by atoms with Crippen LogP contribution in [0.5, 0.6) is 5.75 Å². The molecule has 6 heteroatoms. The quantitative estimate of drug-likeness (QED) is 0.640. The summed E-state index contributed by atoms with van der Waals surface area (Å²) in [6.45, 7) is 1.82. The van der Waals surface area contributed by atoms with Crippen LogP contribution in [0, 0.1) is 23.7 Å². The Hall–Kier alpha value is -2.63. The van der Waals surface area contributed by atoms with E-state index in [2.05, 4.69) is 17.5 Å². The smallest absolute Gasteiger partial charge is 0.247 e. The number of hydrogen-bond donors (Lipinski definition) is 1. The number of para-hydroxylation sites is 2. The molecule has 142 valence electrons. The lowest BCUT2D eigenvalue weighted by Gasteiger charge is -2.38. The number of allylic oxidation sites excluding steroid dienone is 2. The highest BCUT2D eigenvalue weighted by Gasteiger charge is 2.58. The Morgan fingerprint density at radius 2 is 1.74 bits per heavy atom. The first-order valence-corrected chi connectivity index (χ1v) is 9.56. The van der Waals surface area contributed by atoms with Gasteiger partial charge in [-0.25, -0.2) is 0 Å². The first-order valence-electron chi connectivity index (χ1n) is 9.56. The number of imide groups is 1. The first-order chi connectivity index (χ1) is 13.1. The Bertz CT molecular complexity index is 786. The van der Waals surface area contributed by atoms with Crippen LogP contribution in [-0.2, 0) is 14.4 Å². The number of nitrogens with zero attached hydrogens (tertiary/aromatic N) is 1. The highest BCUT2D eigenvalue weighted by molar-refractivity contribution is 6.10. The Balaban J connectivity index is 1.58. The largest absolute Gasteiger partial charge is 0.495 e. The zero-order valence-corrected chi connectivity index (χ0v) is 15.6. The standard InChI is InChI=1S/C21H24N2O4/c1-3-15(19(24)22-14-6-4-5-7-16(14)27-2)23-20(25)17-12-8-9-13(11-10-12)18(17)21(23)26/h4-9,12-13,15,17-18H,3,10-11H2,1-2H3,(H,22,24)/t12-,13-,15+,17+,18+/m0/s1. The molecule has 2 bridgehead atoms. The van der Waals surface area contributed by atoms with Crippen LogP contribution in [0.3, 0.4) is 0 Å². The molecule has 0 aromatic heterocycles. The average molecular weight is 368 g/mol. The molecular weight excluding hydrogens is 344 g/mol. The summed E-state index contributed by atoms with van der Waals surface area (Å²) in [4.78, 5) is 40.4. The van der Waals surface area contributed by atoms with Crippen molar-refractivity contribution in [2.45, 2.75) is 32.2 Å². The maximum absolute atomic E-state index is 13.1. The van der Waals surface area contributed by atoms with Gasteiger partial charge in [0.05, 0.1) is 24.6 Å². The van der Waals surface area contributed by atoms with Gasteiger partial charge in [0.15, 0.2) is 0 Å². The maximum Gasteiger partial charge on any atom is 0.247 e. The van der Waals surface area contributed by atoms with Crippen molar-refractivity contribution in [3.8, 4) is 5.75 Å². The van der Waals surface area contributed by atoms with E-state index in [-0.39, 0.29) is 41.4 Å². The fraction of sp³-hybridized carbons (Fsp3) is 0.476. The van der Waals surface area contributed by atoms with Gasteiger partial charge in [0.25, 0.3) is 0 Å². The van der Waals surface area contributed by atoms with E-state index in [4.69, 9.17) is 4.74 Å². The molecule has 1 saturated carbocycles. The second-order valence-corrected chi connectivity index (χ2v) is 7.50. The summed E-state index contributed by atoms with van der Waals surface area (Å²) >= 11 is 0. The minimum Gasteiger partial charge on any atom is -0.495 e. The first kappa shape index (κ1) is 17.8. The van der Waals surface area contributed by atoms with Crippen molar-refractivity contribution in [2.75, 3.05) is 12.4 Å². The number of carbonyl (C=O) groups excluding carboxylic acids is 3. The molecule has 1 aromatic carbocycles. The van der Waals surface area contributed by atoms with Gasteiger partial charge in [-0.05, 0) is 43.2 Å². The second kappa shape index (κ2) is 6.83. The average Bonchev–Trinajstić information content (AvgIpc) is 2.97. The number of ether oxygens (including phenoxy) is 1. The number of benzene rings is 1. The predicted molar refractivity (Wildman–Crippen MR) is 99.9 cm³/mol. The summed E-state index contributed by atoms with van der Waals surface area (Å²) in [5.41, 5.74) is 0.529. The number of nitrogens with one attached hydrogen (secondary N) is 1. The third-order valence-corrected chi connectivity index (χ3v) is 6.16. The molecule has 1 aliphatic heterocycles. The van der Waals surface area contributed by atoms with Crippen LogP contribution in [0.1, 0.15) is 26.2 Å².